The lowest BCUT2D eigenvalue weighted by molar-refractivity contribution is -0.132. The van der Waals surface area contributed by atoms with Crippen molar-refractivity contribution in [1.29, 1.82) is 0 Å². The van der Waals surface area contributed by atoms with Crippen molar-refractivity contribution in [3.8, 4) is 0 Å². The van der Waals surface area contributed by atoms with E-state index in [0.717, 1.165) is 0 Å². The molecule has 0 aromatic carbocycles. The lowest BCUT2D eigenvalue weighted by atomic mass is 10.3. The predicted molar refractivity (Wildman–Crippen MR) is 62.7 cm³/mol. The molecular formula is C11H16F3N3O2. The Morgan fingerprint density at radius 3 is 2.63 bits per heavy atom. The first-order valence-corrected chi connectivity index (χ1v) is 5.72. The van der Waals surface area contributed by atoms with E-state index in [-0.39, 0.29) is 13.1 Å². The minimum absolute atomic E-state index is 0.122. The van der Waals surface area contributed by atoms with Gasteiger partial charge in [0.15, 0.2) is 0 Å². The fraction of sp³-hybridized carbons (Fsp3) is 0.636. The molecule has 0 unspecified atom stereocenters. The van der Waals surface area contributed by atoms with Crippen LogP contribution in [0.5, 0.6) is 0 Å². The van der Waals surface area contributed by atoms with Crippen LogP contribution < -0.4 is 4.90 Å². The maximum atomic E-state index is 12.3. The highest BCUT2D eigenvalue weighted by Gasteiger charge is 2.28. The average molecular weight is 279 g/mol. The smallest absolute Gasteiger partial charge is 0.390 e. The minimum atomic E-state index is -4.29. The summed E-state index contributed by atoms with van der Waals surface area (Å²) in [6, 6.07) is 1.47. The van der Waals surface area contributed by atoms with E-state index in [9.17, 15) is 18.3 Å². The summed E-state index contributed by atoms with van der Waals surface area (Å²) in [7, 11) is 0. The normalized spacial score (nSPS) is 13.4. The molecule has 0 aliphatic heterocycles. The van der Waals surface area contributed by atoms with Crippen LogP contribution >= 0.6 is 0 Å². The Bertz CT molecular complexity index is 401. The minimum Gasteiger partial charge on any atom is -0.394 e. The number of aryl methyl sites for hydroxylation is 1. The van der Waals surface area contributed by atoms with Gasteiger partial charge in [0, 0.05) is 19.3 Å². The molecule has 0 amide bonds. The van der Waals surface area contributed by atoms with Crippen LogP contribution in [0.1, 0.15) is 12.2 Å². The average Bonchev–Trinajstić information content (AvgIpc) is 2.33. The molecule has 1 heterocycles. The van der Waals surface area contributed by atoms with Crippen molar-refractivity contribution in [3.05, 3.63) is 18.1 Å². The number of hydrogen-bond acceptors (Lipinski definition) is 5. The Morgan fingerprint density at radius 2 is 2.11 bits per heavy atom. The molecule has 1 aromatic heterocycles. The number of hydrogen-bond donors (Lipinski definition) is 2. The van der Waals surface area contributed by atoms with Crippen molar-refractivity contribution in [2.24, 2.45) is 0 Å². The highest BCUT2D eigenvalue weighted by Crippen LogP contribution is 2.21. The molecule has 0 radical (unpaired) electrons. The zero-order valence-corrected chi connectivity index (χ0v) is 10.4. The number of nitrogens with zero attached hydrogens (tertiary/aromatic N) is 3. The first-order chi connectivity index (χ1) is 8.81. The van der Waals surface area contributed by atoms with Gasteiger partial charge in [-0.05, 0) is 13.0 Å². The second-order valence-corrected chi connectivity index (χ2v) is 4.11. The molecule has 1 atom stereocenters. The summed E-state index contributed by atoms with van der Waals surface area (Å²) >= 11 is 0. The van der Waals surface area contributed by atoms with E-state index in [2.05, 4.69) is 9.97 Å². The molecule has 19 heavy (non-hydrogen) atoms. The van der Waals surface area contributed by atoms with Gasteiger partial charge in [0.05, 0.1) is 19.1 Å². The Labute approximate surface area is 108 Å². The molecule has 1 rings (SSSR count). The molecule has 108 valence electrons. The van der Waals surface area contributed by atoms with Gasteiger partial charge in [-0.3, -0.25) is 0 Å². The third kappa shape index (κ3) is 5.84. The third-order valence-corrected chi connectivity index (χ3v) is 2.39. The first kappa shape index (κ1) is 15.6. The summed E-state index contributed by atoms with van der Waals surface area (Å²) in [6.45, 7) is 0.639. The molecule has 2 N–H and O–H groups in total. The SMILES string of the molecule is Cc1nccc(N(CCC(F)(F)F)C[C@H](O)CO)n1. The number of alkyl halides is 3. The topological polar surface area (TPSA) is 69.5 Å². The van der Waals surface area contributed by atoms with Crippen LogP contribution in [0.2, 0.25) is 0 Å². The molecule has 0 aliphatic rings. The fourth-order valence-electron chi connectivity index (χ4n) is 1.49. The summed E-state index contributed by atoms with van der Waals surface area (Å²) in [4.78, 5) is 9.16. The molecular weight excluding hydrogens is 263 g/mol. The molecule has 0 saturated heterocycles. The van der Waals surface area contributed by atoms with E-state index in [4.69, 9.17) is 5.11 Å². The number of rotatable bonds is 6. The van der Waals surface area contributed by atoms with Crippen molar-refractivity contribution in [2.75, 3.05) is 24.6 Å². The van der Waals surface area contributed by atoms with Crippen molar-refractivity contribution in [2.45, 2.75) is 25.6 Å². The number of aliphatic hydroxyl groups excluding tert-OH is 2. The second-order valence-electron chi connectivity index (χ2n) is 4.11. The molecule has 5 nitrogen and oxygen atoms in total. The number of aliphatic hydroxyl groups is 2. The van der Waals surface area contributed by atoms with E-state index in [1.54, 1.807) is 6.92 Å². The molecule has 0 fully saturated rings. The van der Waals surface area contributed by atoms with Gasteiger partial charge in [-0.1, -0.05) is 0 Å². The molecule has 0 aliphatic carbocycles. The third-order valence-electron chi connectivity index (χ3n) is 2.39. The zero-order valence-electron chi connectivity index (χ0n) is 10.4. The summed E-state index contributed by atoms with van der Waals surface area (Å²) in [5, 5.41) is 18.2. The van der Waals surface area contributed by atoms with Crippen molar-refractivity contribution < 1.29 is 23.4 Å². The van der Waals surface area contributed by atoms with Crippen LogP contribution in [-0.4, -0.2) is 52.2 Å². The van der Waals surface area contributed by atoms with Gasteiger partial charge in [0.25, 0.3) is 0 Å². The maximum Gasteiger partial charge on any atom is 0.390 e. The summed E-state index contributed by atoms with van der Waals surface area (Å²) in [5.74, 6) is 0.720. The van der Waals surface area contributed by atoms with Gasteiger partial charge in [-0.2, -0.15) is 13.2 Å². The number of anilines is 1. The standard InChI is InChI=1S/C11H16F3N3O2/c1-8-15-4-2-10(16-8)17(6-9(19)7-18)5-3-11(12,13)14/h2,4,9,18-19H,3,5-7H2,1H3/t9-/m0/s1. The Balaban J connectivity index is 2.79. The Morgan fingerprint density at radius 1 is 1.42 bits per heavy atom. The van der Waals surface area contributed by atoms with Gasteiger partial charge in [0.2, 0.25) is 0 Å². The summed E-state index contributed by atoms with van der Waals surface area (Å²) in [5.41, 5.74) is 0. The zero-order chi connectivity index (χ0) is 14.5. The predicted octanol–water partition coefficient (Wildman–Crippen LogP) is 0.897. The van der Waals surface area contributed by atoms with Gasteiger partial charge >= 0.3 is 6.18 Å². The van der Waals surface area contributed by atoms with Crippen LogP contribution in [-0.2, 0) is 0 Å². The van der Waals surface area contributed by atoms with Gasteiger partial charge in [0.1, 0.15) is 11.6 Å². The molecule has 8 heteroatoms. The molecule has 1 aromatic rings. The van der Waals surface area contributed by atoms with Crippen LogP contribution in [0.4, 0.5) is 19.0 Å². The van der Waals surface area contributed by atoms with Crippen molar-refractivity contribution >= 4 is 5.82 Å². The van der Waals surface area contributed by atoms with E-state index >= 15 is 0 Å². The fourth-order valence-corrected chi connectivity index (χ4v) is 1.49. The quantitative estimate of drug-likeness (QED) is 0.809. The summed E-state index contributed by atoms with van der Waals surface area (Å²) in [6.07, 6.45) is -4.99. The van der Waals surface area contributed by atoms with Gasteiger partial charge in [-0.25, -0.2) is 9.97 Å². The van der Waals surface area contributed by atoms with E-state index in [1.165, 1.54) is 17.2 Å². The van der Waals surface area contributed by atoms with Crippen LogP contribution in [0.3, 0.4) is 0 Å². The number of aromatic nitrogens is 2. The largest absolute Gasteiger partial charge is 0.394 e. The Kier molecular flexibility index (Phi) is 5.49. The van der Waals surface area contributed by atoms with Gasteiger partial charge in [-0.15, -0.1) is 0 Å². The van der Waals surface area contributed by atoms with Gasteiger partial charge < -0.3 is 15.1 Å². The second kappa shape index (κ2) is 6.67. The summed E-state index contributed by atoms with van der Waals surface area (Å²) < 4.78 is 36.8. The van der Waals surface area contributed by atoms with E-state index < -0.39 is 25.3 Å². The highest BCUT2D eigenvalue weighted by molar-refractivity contribution is 5.37. The van der Waals surface area contributed by atoms with Crippen molar-refractivity contribution in [3.63, 3.8) is 0 Å². The maximum absolute atomic E-state index is 12.3. The lowest BCUT2D eigenvalue weighted by Crippen LogP contribution is -2.37. The molecule has 0 bridgehead atoms. The molecule has 0 saturated carbocycles. The van der Waals surface area contributed by atoms with E-state index in [1.807, 2.05) is 0 Å². The lowest BCUT2D eigenvalue weighted by Gasteiger charge is -2.26. The monoisotopic (exact) mass is 279 g/mol. The number of halogens is 3. The van der Waals surface area contributed by atoms with Crippen LogP contribution in [0, 0.1) is 6.92 Å². The van der Waals surface area contributed by atoms with Crippen LogP contribution in [0.25, 0.3) is 0 Å². The van der Waals surface area contributed by atoms with E-state index in [0.29, 0.717) is 11.6 Å². The highest BCUT2D eigenvalue weighted by atomic mass is 19.4. The Hall–Kier alpha value is -1.41. The molecule has 0 spiro atoms. The van der Waals surface area contributed by atoms with Crippen LogP contribution in [0.15, 0.2) is 12.3 Å². The first-order valence-electron chi connectivity index (χ1n) is 5.72. The van der Waals surface area contributed by atoms with Crippen molar-refractivity contribution in [1.82, 2.24) is 9.97 Å².